The summed E-state index contributed by atoms with van der Waals surface area (Å²) < 4.78 is 35.1. The van der Waals surface area contributed by atoms with E-state index in [1.165, 1.54) is 26.0 Å². The predicted molar refractivity (Wildman–Crippen MR) is 78.2 cm³/mol. The molecule has 1 saturated carbocycles. The van der Waals surface area contributed by atoms with Crippen molar-refractivity contribution in [2.45, 2.75) is 38.7 Å². The van der Waals surface area contributed by atoms with Crippen LogP contribution in [0, 0.1) is 5.92 Å². The van der Waals surface area contributed by atoms with E-state index >= 15 is 0 Å². The number of methoxy groups -OCH3 is 1. The molecule has 1 aromatic rings. The molecule has 3 nitrogen and oxygen atoms in total. The lowest BCUT2D eigenvalue weighted by atomic mass is 10.0. The van der Waals surface area contributed by atoms with Crippen LogP contribution in [0.4, 0.5) is 8.78 Å². The maximum atomic E-state index is 12.5. The fourth-order valence-electron chi connectivity index (χ4n) is 2.27. The number of benzene rings is 1. The van der Waals surface area contributed by atoms with Crippen molar-refractivity contribution in [3.63, 3.8) is 0 Å². The summed E-state index contributed by atoms with van der Waals surface area (Å²) in [4.78, 5) is 12.3. The van der Waals surface area contributed by atoms with Gasteiger partial charge in [0.2, 0.25) is 0 Å². The lowest BCUT2D eigenvalue weighted by Crippen LogP contribution is -2.10. The highest BCUT2D eigenvalue weighted by molar-refractivity contribution is 9.10. The number of ketones is 1. The third-order valence-corrected chi connectivity index (χ3v) is 3.92. The van der Waals surface area contributed by atoms with Gasteiger partial charge in [0.05, 0.1) is 7.11 Å². The summed E-state index contributed by atoms with van der Waals surface area (Å²) in [6.45, 7) is -2.98. The van der Waals surface area contributed by atoms with Gasteiger partial charge in [-0.1, -0.05) is 35.2 Å². The molecule has 116 valence electrons. The minimum Gasteiger partial charge on any atom is -0.496 e. The molecule has 6 heteroatoms. The van der Waals surface area contributed by atoms with E-state index in [1.54, 1.807) is 6.07 Å². The van der Waals surface area contributed by atoms with Crippen LogP contribution in [-0.2, 0) is 0 Å². The molecule has 0 radical (unpaired) electrons. The van der Waals surface area contributed by atoms with Gasteiger partial charge in [-0.15, -0.1) is 0 Å². The number of carbonyl (C=O) groups is 1. The van der Waals surface area contributed by atoms with Gasteiger partial charge < -0.3 is 9.47 Å². The smallest absolute Gasteiger partial charge is 0.387 e. The van der Waals surface area contributed by atoms with E-state index in [9.17, 15) is 13.6 Å². The molecule has 1 aliphatic rings. The van der Waals surface area contributed by atoms with E-state index < -0.39 is 6.61 Å². The van der Waals surface area contributed by atoms with E-state index in [2.05, 4.69) is 20.7 Å². The molecule has 2 rings (SSSR count). The van der Waals surface area contributed by atoms with Gasteiger partial charge in [0, 0.05) is 10.9 Å². The first-order valence-electron chi connectivity index (χ1n) is 6.86. The van der Waals surface area contributed by atoms with Crippen LogP contribution in [0.25, 0.3) is 0 Å². The van der Waals surface area contributed by atoms with Gasteiger partial charge in [0.15, 0.2) is 5.78 Å². The van der Waals surface area contributed by atoms with Crippen molar-refractivity contribution in [3.8, 4) is 11.5 Å². The monoisotopic (exact) mass is 362 g/mol. The van der Waals surface area contributed by atoms with Crippen molar-refractivity contribution in [2.75, 3.05) is 7.11 Å². The third kappa shape index (κ3) is 4.66. The Kier molecular flexibility index (Phi) is 5.56. The van der Waals surface area contributed by atoms with Gasteiger partial charge in [-0.25, -0.2) is 0 Å². The van der Waals surface area contributed by atoms with Crippen molar-refractivity contribution in [1.82, 2.24) is 0 Å². The van der Waals surface area contributed by atoms with Crippen LogP contribution in [-0.4, -0.2) is 19.5 Å². The zero-order valence-corrected chi connectivity index (χ0v) is 13.3. The second kappa shape index (κ2) is 7.20. The van der Waals surface area contributed by atoms with Gasteiger partial charge in [-0.2, -0.15) is 8.78 Å². The van der Waals surface area contributed by atoms with Crippen LogP contribution in [0.2, 0.25) is 0 Å². The average molecular weight is 363 g/mol. The highest BCUT2D eigenvalue weighted by atomic mass is 79.9. The van der Waals surface area contributed by atoms with Crippen molar-refractivity contribution < 1.29 is 23.0 Å². The summed E-state index contributed by atoms with van der Waals surface area (Å²) in [6, 6.07) is 2.94. The average Bonchev–Trinajstić information content (AvgIpc) is 3.21. The molecule has 0 unspecified atom stereocenters. The molecule has 0 atom stereocenters. The summed E-state index contributed by atoms with van der Waals surface area (Å²) in [5.41, 5.74) is 0.0943. The molecule has 0 amide bonds. The summed E-state index contributed by atoms with van der Waals surface area (Å²) in [7, 11) is 1.40. The highest BCUT2D eigenvalue weighted by Crippen LogP contribution is 2.37. The molecule has 0 N–H and O–H groups in total. The second-order valence-corrected chi connectivity index (χ2v) is 6.03. The van der Waals surface area contributed by atoms with Crippen LogP contribution in [0.1, 0.15) is 42.5 Å². The van der Waals surface area contributed by atoms with Gasteiger partial charge in [0.1, 0.15) is 17.1 Å². The molecule has 21 heavy (non-hydrogen) atoms. The van der Waals surface area contributed by atoms with Crippen LogP contribution in [0.5, 0.6) is 11.5 Å². The number of rotatable bonds is 8. The number of ether oxygens (including phenoxy) is 2. The lowest BCUT2D eigenvalue weighted by molar-refractivity contribution is -0.0502. The van der Waals surface area contributed by atoms with Crippen LogP contribution in [0.15, 0.2) is 16.6 Å². The van der Waals surface area contributed by atoms with Crippen molar-refractivity contribution in [2.24, 2.45) is 5.92 Å². The van der Waals surface area contributed by atoms with E-state index in [1.807, 2.05) is 0 Å². The quantitative estimate of drug-likeness (QED) is 0.621. The molecule has 0 spiro atoms. The number of Topliss-reactive ketones (excluding diaryl/α,β-unsaturated/α-hetero) is 1. The topological polar surface area (TPSA) is 35.5 Å². The van der Waals surface area contributed by atoms with Gasteiger partial charge in [-0.05, 0) is 24.5 Å². The Morgan fingerprint density at radius 3 is 2.62 bits per heavy atom. The minimum atomic E-state index is -2.98. The van der Waals surface area contributed by atoms with Gasteiger partial charge in [0.25, 0.3) is 0 Å². The zero-order chi connectivity index (χ0) is 15.4. The molecular formula is C15H17BrF2O3. The summed E-state index contributed by atoms with van der Waals surface area (Å²) in [6.07, 6.45) is 4.55. The number of halogens is 3. The predicted octanol–water partition coefficient (Wildman–Crippen LogP) is 4.82. The Balaban J connectivity index is 2.18. The normalized spacial score (nSPS) is 14.3. The minimum absolute atomic E-state index is 0.0943. The Hall–Kier alpha value is -1.17. The van der Waals surface area contributed by atoms with E-state index in [0.29, 0.717) is 10.9 Å². The number of carbonyl (C=O) groups excluding carboxylic acids is 1. The standard InChI is InChI=1S/C15H17BrF2O3/c1-20-12-7-10(16)8-13(21-15(17)18)14(12)11(19)4-2-3-9-5-6-9/h7-9,15H,2-6H2,1H3. The molecule has 0 saturated heterocycles. The largest absolute Gasteiger partial charge is 0.496 e. The molecular weight excluding hydrogens is 346 g/mol. The number of alkyl halides is 2. The molecule has 0 aliphatic heterocycles. The first kappa shape index (κ1) is 16.2. The third-order valence-electron chi connectivity index (χ3n) is 3.46. The van der Waals surface area contributed by atoms with E-state index in [4.69, 9.17) is 4.74 Å². The number of hydrogen-bond donors (Lipinski definition) is 0. The van der Waals surface area contributed by atoms with E-state index in [0.717, 1.165) is 18.8 Å². The second-order valence-electron chi connectivity index (χ2n) is 5.12. The molecule has 1 aliphatic carbocycles. The maximum Gasteiger partial charge on any atom is 0.387 e. The maximum absolute atomic E-state index is 12.5. The molecule has 0 aromatic heterocycles. The van der Waals surface area contributed by atoms with Gasteiger partial charge >= 0.3 is 6.61 Å². The van der Waals surface area contributed by atoms with E-state index in [-0.39, 0.29) is 22.8 Å². The Bertz CT molecular complexity index is 516. The number of hydrogen-bond acceptors (Lipinski definition) is 3. The first-order valence-corrected chi connectivity index (χ1v) is 7.66. The molecule has 1 aromatic carbocycles. The van der Waals surface area contributed by atoms with Crippen LogP contribution < -0.4 is 9.47 Å². The SMILES string of the molecule is COc1cc(Br)cc(OC(F)F)c1C(=O)CCCC1CC1. The van der Waals surface area contributed by atoms with Gasteiger partial charge in [-0.3, -0.25) is 4.79 Å². The van der Waals surface area contributed by atoms with Crippen molar-refractivity contribution in [3.05, 3.63) is 22.2 Å². The highest BCUT2D eigenvalue weighted by Gasteiger charge is 2.24. The molecule has 1 fully saturated rings. The zero-order valence-electron chi connectivity index (χ0n) is 11.7. The Labute approximate surface area is 130 Å². The fraction of sp³-hybridized carbons (Fsp3) is 0.533. The van der Waals surface area contributed by atoms with Crippen LogP contribution in [0.3, 0.4) is 0 Å². The summed E-state index contributed by atoms with van der Waals surface area (Å²) >= 11 is 3.19. The van der Waals surface area contributed by atoms with Crippen molar-refractivity contribution >= 4 is 21.7 Å². The lowest BCUT2D eigenvalue weighted by Gasteiger charge is -2.14. The molecule has 0 bridgehead atoms. The van der Waals surface area contributed by atoms with Crippen molar-refractivity contribution in [1.29, 1.82) is 0 Å². The summed E-state index contributed by atoms with van der Waals surface area (Å²) in [5.74, 6) is 0.612. The first-order chi connectivity index (χ1) is 10.0. The summed E-state index contributed by atoms with van der Waals surface area (Å²) in [5, 5.41) is 0. The van der Waals surface area contributed by atoms with Crippen LogP contribution >= 0.6 is 15.9 Å². The molecule has 0 heterocycles. The Morgan fingerprint density at radius 2 is 2.05 bits per heavy atom. The Morgan fingerprint density at radius 1 is 1.38 bits per heavy atom. The fourth-order valence-corrected chi connectivity index (χ4v) is 2.68.